The number of rotatable bonds is 5. The summed E-state index contributed by atoms with van der Waals surface area (Å²) in [6.07, 6.45) is 1.52. The lowest BCUT2D eigenvalue weighted by atomic mass is 10.1. The van der Waals surface area contributed by atoms with Crippen LogP contribution in [0.4, 0.5) is 0 Å². The molecule has 0 aliphatic heterocycles. The Balaban J connectivity index is 1.56. The maximum absolute atomic E-state index is 12.1. The number of benzene rings is 3. The molecule has 0 unspecified atom stereocenters. The number of amides is 1. The number of esters is 1. The van der Waals surface area contributed by atoms with Crippen molar-refractivity contribution < 1.29 is 14.3 Å². The van der Waals surface area contributed by atoms with Gasteiger partial charge in [-0.1, -0.05) is 33.6 Å². The van der Waals surface area contributed by atoms with E-state index in [1.807, 2.05) is 19.1 Å². The number of hydrogen-bond donors (Lipinski definition) is 1. The van der Waals surface area contributed by atoms with E-state index in [4.69, 9.17) is 4.74 Å². The van der Waals surface area contributed by atoms with Crippen molar-refractivity contribution in [1.29, 1.82) is 0 Å². The van der Waals surface area contributed by atoms with Crippen LogP contribution in [0, 0.1) is 6.92 Å². The van der Waals surface area contributed by atoms with Crippen molar-refractivity contribution in [2.75, 3.05) is 0 Å². The highest BCUT2D eigenvalue weighted by Crippen LogP contribution is 2.15. The van der Waals surface area contributed by atoms with Crippen LogP contribution in [0.2, 0.25) is 0 Å². The van der Waals surface area contributed by atoms with E-state index in [0.29, 0.717) is 16.9 Å². The quantitative estimate of drug-likeness (QED) is 0.271. The van der Waals surface area contributed by atoms with Crippen LogP contribution in [0.5, 0.6) is 5.75 Å². The minimum absolute atomic E-state index is 0.278. The second-order valence-corrected chi connectivity index (χ2v) is 6.95. The van der Waals surface area contributed by atoms with Crippen LogP contribution in [0.25, 0.3) is 0 Å². The largest absolute Gasteiger partial charge is 0.423 e. The third-order valence-electron chi connectivity index (χ3n) is 3.83. The Morgan fingerprint density at radius 2 is 1.68 bits per heavy atom. The number of carbonyl (C=O) groups excluding carboxylic acids is 2. The summed E-state index contributed by atoms with van der Waals surface area (Å²) in [6, 6.07) is 21.0. The number of nitrogens with one attached hydrogen (secondary N) is 1. The third-order valence-corrected chi connectivity index (χ3v) is 4.36. The lowest BCUT2D eigenvalue weighted by Gasteiger charge is -2.05. The zero-order chi connectivity index (χ0) is 19.9. The first-order chi connectivity index (χ1) is 13.5. The normalized spacial score (nSPS) is 10.6. The van der Waals surface area contributed by atoms with Gasteiger partial charge in [-0.3, -0.25) is 4.79 Å². The molecule has 1 N–H and O–H groups in total. The highest BCUT2D eigenvalue weighted by Gasteiger charge is 2.08. The molecule has 0 saturated carbocycles. The molecule has 3 aromatic rings. The SMILES string of the molecule is Cc1cccc(C(=O)N/N=C\c2ccc(OC(=O)c3ccc(Br)cc3)cc2)c1. The molecule has 5 nitrogen and oxygen atoms in total. The summed E-state index contributed by atoms with van der Waals surface area (Å²) in [5.41, 5.74) is 5.26. The Morgan fingerprint density at radius 3 is 2.36 bits per heavy atom. The molecule has 6 heteroatoms. The van der Waals surface area contributed by atoms with Gasteiger partial charge < -0.3 is 4.74 Å². The highest BCUT2D eigenvalue weighted by atomic mass is 79.9. The molecule has 0 fully saturated rings. The molecule has 0 heterocycles. The Hall–Kier alpha value is -3.25. The van der Waals surface area contributed by atoms with Crippen molar-refractivity contribution in [1.82, 2.24) is 5.43 Å². The molecule has 3 aromatic carbocycles. The van der Waals surface area contributed by atoms with E-state index in [1.54, 1.807) is 60.7 Å². The van der Waals surface area contributed by atoms with Crippen molar-refractivity contribution in [3.05, 3.63) is 99.5 Å². The van der Waals surface area contributed by atoms with E-state index in [-0.39, 0.29) is 5.91 Å². The Bertz CT molecular complexity index is 1010. The summed E-state index contributed by atoms with van der Waals surface area (Å²) in [4.78, 5) is 24.1. The second kappa shape index (κ2) is 9.10. The van der Waals surface area contributed by atoms with Gasteiger partial charge in [0, 0.05) is 10.0 Å². The molecule has 0 aliphatic carbocycles. The average molecular weight is 437 g/mol. The fourth-order valence-corrected chi connectivity index (χ4v) is 2.65. The van der Waals surface area contributed by atoms with Gasteiger partial charge in [0.2, 0.25) is 0 Å². The van der Waals surface area contributed by atoms with E-state index in [2.05, 4.69) is 26.5 Å². The van der Waals surface area contributed by atoms with Crippen LogP contribution in [0.15, 0.2) is 82.4 Å². The number of hydrazone groups is 1. The van der Waals surface area contributed by atoms with Crippen molar-refractivity contribution in [3.8, 4) is 5.75 Å². The fraction of sp³-hybridized carbons (Fsp3) is 0.0455. The van der Waals surface area contributed by atoms with Gasteiger partial charge in [0.25, 0.3) is 5.91 Å². The molecule has 140 valence electrons. The predicted molar refractivity (Wildman–Crippen MR) is 112 cm³/mol. The predicted octanol–water partition coefficient (Wildman–Crippen LogP) is 4.74. The lowest BCUT2D eigenvalue weighted by molar-refractivity contribution is 0.0734. The summed E-state index contributed by atoms with van der Waals surface area (Å²) >= 11 is 3.32. The Labute approximate surface area is 171 Å². The van der Waals surface area contributed by atoms with Crippen molar-refractivity contribution in [3.63, 3.8) is 0 Å². The molecule has 3 rings (SSSR count). The van der Waals surface area contributed by atoms with E-state index >= 15 is 0 Å². The molecule has 1 amide bonds. The first kappa shape index (κ1) is 19.5. The monoisotopic (exact) mass is 436 g/mol. The number of halogens is 1. The molecule has 0 bridgehead atoms. The molecule has 0 spiro atoms. The summed E-state index contributed by atoms with van der Waals surface area (Å²) in [5.74, 6) is -0.284. The highest BCUT2D eigenvalue weighted by molar-refractivity contribution is 9.10. The Kier molecular flexibility index (Phi) is 6.34. The molecular formula is C22H17BrN2O3. The van der Waals surface area contributed by atoms with Gasteiger partial charge in [-0.2, -0.15) is 5.10 Å². The number of hydrogen-bond acceptors (Lipinski definition) is 4. The first-order valence-corrected chi connectivity index (χ1v) is 9.28. The standard InChI is InChI=1S/C22H17BrN2O3/c1-15-3-2-4-18(13-15)21(26)25-24-14-16-5-11-20(12-6-16)28-22(27)17-7-9-19(23)10-8-17/h2-14H,1H3,(H,25,26)/b24-14-. The van der Waals surface area contributed by atoms with Gasteiger partial charge in [0.05, 0.1) is 11.8 Å². The van der Waals surface area contributed by atoms with Crippen LogP contribution in [0.1, 0.15) is 31.8 Å². The van der Waals surface area contributed by atoms with Gasteiger partial charge in [0.15, 0.2) is 0 Å². The molecule has 0 atom stereocenters. The van der Waals surface area contributed by atoms with Crippen LogP contribution in [-0.2, 0) is 0 Å². The minimum atomic E-state index is -0.431. The summed E-state index contributed by atoms with van der Waals surface area (Å²) in [5, 5.41) is 3.96. The van der Waals surface area contributed by atoms with Crippen molar-refractivity contribution in [2.24, 2.45) is 5.10 Å². The maximum Gasteiger partial charge on any atom is 0.343 e. The van der Waals surface area contributed by atoms with Gasteiger partial charge in [0.1, 0.15) is 5.75 Å². The average Bonchev–Trinajstić information content (AvgIpc) is 2.69. The number of carbonyl (C=O) groups is 2. The zero-order valence-electron chi connectivity index (χ0n) is 15.1. The molecular weight excluding hydrogens is 420 g/mol. The van der Waals surface area contributed by atoms with Crippen LogP contribution < -0.4 is 10.2 Å². The lowest BCUT2D eigenvalue weighted by Crippen LogP contribution is -2.17. The van der Waals surface area contributed by atoms with E-state index in [1.165, 1.54) is 6.21 Å². The Morgan fingerprint density at radius 1 is 0.964 bits per heavy atom. The summed E-state index contributed by atoms with van der Waals surface area (Å²) in [7, 11) is 0. The fourth-order valence-electron chi connectivity index (χ4n) is 2.39. The van der Waals surface area contributed by atoms with Gasteiger partial charge in [-0.25, -0.2) is 10.2 Å². The molecule has 0 radical (unpaired) electrons. The van der Waals surface area contributed by atoms with Gasteiger partial charge in [-0.05, 0) is 73.2 Å². The van der Waals surface area contributed by atoms with Gasteiger partial charge in [-0.15, -0.1) is 0 Å². The molecule has 0 aliphatic rings. The van der Waals surface area contributed by atoms with Crippen LogP contribution in [-0.4, -0.2) is 18.1 Å². The second-order valence-electron chi connectivity index (χ2n) is 6.03. The molecule has 0 aromatic heterocycles. The third kappa shape index (κ3) is 5.37. The summed E-state index contributed by atoms with van der Waals surface area (Å²) in [6.45, 7) is 1.92. The minimum Gasteiger partial charge on any atom is -0.423 e. The first-order valence-electron chi connectivity index (χ1n) is 8.49. The van der Waals surface area contributed by atoms with Crippen LogP contribution in [0.3, 0.4) is 0 Å². The zero-order valence-corrected chi connectivity index (χ0v) is 16.6. The van der Waals surface area contributed by atoms with Crippen molar-refractivity contribution >= 4 is 34.0 Å². The van der Waals surface area contributed by atoms with E-state index in [0.717, 1.165) is 15.6 Å². The summed E-state index contributed by atoms with van der Waals surface area (Å²) < 4.78 is 6.23. The van der Waals surface area contributed by atoms with E-state index < -0.39 is 5.97 Å². The maximum atomic E-state index is 12.1. The van der Waals surface area contributed by atoms with Crippen molar-refractivity contribution in [2.45, 2.75) is 6.92 Å². The number of ether oxygens (including phenoxy) is 1. The number of aryl methyl sites for hydroxylation is 1. The van der Waals surface area contributed by atoms with Gasteiger partial charge >= 0.3 is 5.97 Å². The topological polar surface area (TPSA) is 67.8 Å². The molecule has 28 heavy (non-hydrogen) atoms. The van der Waals surface area contributed by atoms with E-state index in [9.17, 15) is 9.59 Å². The van der Waals surface area contributed by atoms with Crippen LogP contribution >= 0.6 is 15.9 Å². The smallest absolute Gasteiger partial charge is 0.343 e. The molecule has 0 saturated heterocycles. The number of nitrogens with zero attached hydrogens (tertiary/aromatic N) is 1.